The molecule has 0 aromatic heterocycles. The van der Waals surface area contributed by atoms with Crippen LogP contribution >= 0.6 is 0 Å². The van der Waals surface area contributed by atoms with Gasteiger partial charge in [0.15, 0.2) is 0 Å². The van der Waals surface area contributed by atoms with Crippen molar-refractivity contribution >= 4 is 0 Å². The Labute approximate surface area is 100 Å². The molecule has 0 radical (unpaired) electrons. The van der Waals surface area contributed by atoms with Crippen molar-refractivity contribution in [1.82, 2.24) is 0 Å². The molecule has 0 atom stereocenters. The van der Waals surface area contributed by atoms with Crippen molar-refractivity contribution in [1.29, 1.82) is 0 Å². The zero-order valence-electron chi connectivity index (χ0n) is 10.7. The van der Waals surface area contributed by atoms with Crippen LogP contribution in [-0.2, 0) is 0 Å². The van der Waals surface area contributed by atoms with Gasteiger partial charge in [0.05, 0.1) is 0 Å². The Kier molecular flexibility index (Phi) is 10.1. The van der Waals surface area contributed by atoms with Crippen LogP contribution in [0.25, 0.3) is 0 Å². The molecule has 1 rings (SSSR count). The summed E-state index contributed by atoms with van der Waals surface area (Å²) >= 11 is 0. The zero-order valence-corrected chi connectivity index (χ0v) is 10.7. The van der Waals surface area contributed by atoms with E-state index in [1.165, 1.54) is 24.0 Å². The summed E-state index contributed by atoms with van der Waals surface area (Å²) in [5, 5.41) is 0. The third-order valence-corrected chi connectivity index (χ3v) is 2.33. The van der Waals surface area contributed by atoms with Crippen molar-refractivity contribution in [2.24, 2.45) is 11.5 Å². The standard InChI is InChI=1S/C8H10.C6H16N2/c1-7-4-3-5-8(2)6-7;7-5-3-1-2-4-6-8/h3-6H,1-2H3;1-8H2. The average Bonchev–Trinajstić information content (AvgIpc) is 2.25. The summed E-state index contributed by atoms with van der Waals surface area (Å²) in [5.41, 5.74) is 13.2. The third-order valence-electron chi connectivity index (χ3n) is 2.33. The number of hydrogen-bond donors (Lipinski definition) is 2. The molecule has 0 heterocycles. The van der Waals surface area contributed by atoms with E-state index in [2.05, 4.69) is 38.1 Å². The Morgan fingerprint density at radius 1 is 0.812 bits per heavy atom. The highest BCUT2D eigenvalue weighted by atomic mass is 14.5. The Bertz CT molecular complexity index is 235. The van der Waals surface area contributed by atoms with E-state index in [-0.39, 0.29) is 0 Å². The first-order valence-electron chi connectivity index (χ1n) is 6.14. The number of hydrogen-bond acceptors (Lipinski definition) is 2. The summed E-state index contributed by atoms with van der Waals surface area (Å²) in [5.74, 6) is 0. The van der Waals surface area contributed by atoms with Gasteiger partial charge in [0.1, 0.15) is 0 Å². The van der Waals surface area contributed by atoms with E-state index in [0.29, 0.717) is 0 Å². The molecule has 0 bridgehead atoms. The molecule has 0 aliphatic heterocycles. The van der Waals surface area contributed by atoms with E-state index >= 15 is 0 Å². The summed E-state index contributed by atoms with van der Waals surface area (Å²) in [6.45, 7) is 5.86. The monoisotopic (exact) mass is 222 g/mol. The number of aryl methyl sites for hydroxylation is 2. The van der Waals surface area contributed by atoms with Gasteiger partial charge in [0.2, 0.25) is 0 Å². The lowest BCUT2D eigenvalue weighted by molar-refractivity contribution is 0.653. The second kappa shape index (κ2) is 10.7. The number of nitrogens with two attached hydrogens (primary N) is 2. The van der Waals surface area contributed by atoms with Gasteiger partial charge in [-0.2, -0.15) is 0 Å². The predicted octanol–water partition coefficient (Wildman–Crippen LogP) is 2.77. The predicted molar refractivity (Wildman–Crippen MR) is 72.5 cm³/mol. The lowest BCUT2D eigenvalue weighted by Gasteiger charge is -1.94. The molecule has 4 N–H and O–H groups in total. The Balaban J connectivity index is 0.000000281. The number of rotatable bonds is 5. The van der Waals surface area contributed by atoms with Gasteiger partial charge in [-0.05, 0) is 39.8 Å². The van der Waals surface area contributed by atoms with Gasteiger partial charge in [-0.1, -0.05) is 48.2 Å². The Hall–Kier alpha value is -0.860. The van der Waals surface area contributed by atoms with Crippen LogP contribution in [0.4, 0.5) is 0 Å². The molecule has 0 saturated heterocycles. The number of benzene rings is 1. The molecule has 1 aromatic rings. The summed E-state index contributed by atoms with van der Waals surface area (Å²) in [4.78, 5) is 0. The Morgan fingerprint density at radius 2 is 1.25 bits per heavy atom. The Morgan fingerprint density at radius 3 is 1.50 bits per heavy atom. The topological polar surface area (TPSA) is 52.0 Å². The third kappa shape index (κ3) is 9.69. The van der Waals surface area contributed by atoms with Crippen LogP contribution in [-0.4, -0.2) is 13.1 Å². The van der Waals surface area contributed by atoms with Gasteiger partial charge in [0, 0.05) is 0 Å². The van der Waals surface area contributed by atoms with Gasteiger partial charge in [0.25, 0.3) is 0 Å². The quantitative estimate of drug-likeness (QED) is 0.753. The minimum absolute atomic E-state index is 0.824. The van der Waals surface area contributed by atoms with E-state index in [4.69, 9.17) is 11.5 Å². The lowest BCUT2D eigenvalue weighted by atomic mass is 10.2. The zero-order chi connectivity index (χ0) is 12.2. The fourth-order valence-corrected chi connectivity index (χ4v) is 1.45. The molecule has 0 saturated carbocycles. The first-order valence-corrected chi connectivity index (χ1v) is 6.14. The van der Waals surface area contributed by atoms with Crippen LogP contribution in [0.15, 0.2) is 24.3 Å². The van der Waals surface area contributed by atoms with Crippen molar-refractivity contribution in [3.63, 3.8) is 0 Å². The lowest BCUT2D eigenvalue weighted by Crippen LogP contribution is -2.00. The minimum atomic E-state index is 0.824. The van der Waals surface area contributed by atoms with Crippen LogP contribution in [0.1, 0.15) is 36.8 Å². The molecule has 0 aliphatic rings. The highest BCUT2D eigenvalue weighted by molar-refractivity contribution is 5.20. The van der Waals surface area contributed by atoms with Crippen molar-refractivity contribution in [2.75, 3.05) is 13.1 Å². The second-order valence-corrected chi connectivity index (χ2v) is 4.15. The molecule has 0 amide bonds. The van der Waals surface area contributed by atoms with Gasteiger partial charge in [-0.25, -0.2) is 0 Å². The minimum Gasteiger partial charge on any atom is -0.330 e. The molecule has 0 fully saturated rings. The molecule has 1 aromatic carbocycles. The van der Waals surface area contributed by atoms with Crippen LogP contribution in [0.2, 0.25) is 0 Å². The summed E-state index contributed by atoms with van der Waals surface area (Å²) < 4.78 is 0. The number of unbranched alkanes of at least 4 members (excludes halogenated alkanes) is 3. The largest absolute Gasteiger partial charge is 0.330 e. The van der Waals surface area contributed by atoms with Crippen molar-refractivity contribution in [3.8, 4) is 0 Å². The van der Waals surface area contributed by atoms with Crippen LogP contribution in [0.5, 0.6) is 0 Å². The van der Waals surface area contributed by atoms with Gasteiger partial charge in [-0.3, -0.25) is 0 Å². The second-order valence-electron chi connectivity index (χ2n) is 4.15. The maximum atomic E-state index is 5.28. The summed E-state index contributed by atoms with van der Waals surface area (Å²) in [7, 11) is 0. The fourth-order valence-electron chi connectivity index (χ4n) is 1.45. The maximum Gasteiger partial charge on any atom is -0.00773 e. The highest BCUT2D eigenvalue weighted by Gasteiger charge is 1.83. The molecular formula is C14H26N2. The maximum absolute atomic E-state index is 5.28. The van der Waals surface area contributed by atoms with Crippen LogP contribution in [0, 0.1) is 13.8 Å². The average molecular weight is 222 g/mol. The summed E-state index contributed by atoms with van der Waals surface area (Å²) in [6, 6.07) is 8.45. The van der Waals surface area contributed by atoms with E-state index < -0.39 is 0 Å². The van der Waals surface area contributed by atoms with E-state index in [1.807, 2.05) is 0 Å². The van der Waals surface area contributed by atoms with Crippen LogP contribution in [0.3, 0.4) is 0 Å². The van der Waals surface area contributed by atoms with E-state index in [9.17, 15) is 0 Å². The first-order chi connectivity index (χ1) is 7.70. The molecular weight excluding hydrogens is 196 g/mol. The molecule has 0 aliphatic carbocycles. The smallest absolute Gasteiger partial charge is 0.00773 e. The normalized spacial score (nSPS) is 9.50. The van der Waals surface area contributed by atoms with Gasteiger partial charge >= 0.3 is 0 Å². The molecule has 2 nitrogen and oxygen atoms in total. The highest BCUT2D eigenvalue weighted by Crippen LogP contribution is 2.00. The summed E-state index contributed by atoms with van der Waals surface area (Å²) in [6.07, 6.45) is 4.79. The van der Waals surface area contributed by atoms with Gasteiger partial charge in [-0.15, -0.1) is 0 Å². The SMILES string of the molecule is Cc1cccc(C)c1.NCCCCCCN. The molecule has 92 valence electrons. The van der Waals surface area contributed by atoms with Crippen molar-refractivity contribution < 1.29 is 0 Å². The van der Waals surface area contributed by atoms with Crippen LogP contribution < -0.4 is 11.5 Å². The van der Waals surface area contributed by atoms with Crippen molar-refractivity contribution in [2.45, 2.75) is 39.5 Å². The fraction of sp³-hybridized carbons (Fsp3) is 0.571. The molecule has 0 spiro atoms. The van der Waals surface area contributed by atoms with E-state index in [0.717, 1.165) is 25.9 Å². The first kappa shape index (κ1) is 15.1. The molecule has 2 heteroatoms. The van der Waals surface area contributed by atoms with E-state index in [1.54, 1.807) is 0 Å². The molecule has 0 unspecified atom stereocenters. The molecule has 16 heavy (non-hydrogen) atoms. The van der Waals surface area contributed by atoms with Gasteiger partial charge < -0.3 is 11.5 Å². The van der Waals surface area contributed by atoms with Crippen molar-refractivity contribution in [3.05, 3.63) is 35.4 Å².